The van der Waals surface area contributed by atoms with E-state index in [-0.39, 0.29) is 12.7 Å². The molecule has 1 saturated heterocycles. The largest absolute Gasteiger partial charge is 0.376 e. The van der Waals surface area contributed by atoms with E-state index in [0.29, 0.717) is 6.61 Å². The van der Waals surface area contributed by atoms with Crippen molar-refractivity contribution in [1.29, 1.82) is 0 Å². The Hall–Kier alpha value is -0.260. The first-order chi connectivity index (χ1) is 6.14. The summed E-state index contributed by atoms with van der Waals surface area (Å²) in [5.41, 5.74) is 4.84. The predicted octanol–water partition coefficient (Wildman–Crippen LogP) is 0.776. The van der Waals surface area contributed by atoms with Crippen LogP contribution in [0.15, 0.2) is 0 Å². The minimum absolute atomic E-state index is 0.00595. The molecule has 1 fully saturated rings. The Morgan fingerprint density at radius 3 is 2.85 bits per heavy atom. The number of halogens is 2. The van der Waals surface area contributed by atoms with Gasteiger partial charge in [-0.2, -0.15) is 0 Å². The van der Waals surface area contributed by atoms with Gasteiger partial charge in [0.25, 0.3) is 5.92 Å². The summed E-state index contributed by atoms with van der Waals surface area (Å²) >= 11 is 0. The standard InChI is InChI=1S/C8H15F2NO2/c9-8(10,5-11)6-12-4-7-2-1-3-13-7/h7H,1-6,11H2. The molecule has 0 radical (unpaired) electrons. The molecule has 0 amide bonds. The van der Waals surface area contributed by atoms with Gasteiger partial charge in [0.1, 0.15) is 6.61 Å². The van der Waals surface area contributed by atoms with E-state index in [1.54, 1.807) is 0 Å². The van der Waals surface area contributed by atoms with Gasteiger partial charge in [-0.15, -0.1) is 0 Å². The Morgan fingerprint density at radius 1 is 1.54 bits per heavy atom. The summed E-state index contributed by atoms with van der Waals surface area (Å²) in [6, 6.07) is 0. The van der Waals surface area contributed by atoms with Crippen LogP contribution in [-0.4, -0.2) is 38.4 Å². The molecule has 0 saturated carbocycles. The molecule has 0 spiro atoms. The number of hydrogen-bond acceptors (Lipinski definition) is 3. The molecule has 0 bridgehead atoms. The first-order valence-electron chi connectivity index (χ1n) is 4.41. The minimum Gasteiger partial charge on any atom is -0.376 e. The van der Waals surface area contributed by atoms with Crippen LogP contribution in [0.4, 0.5) is 8.78 Å². The van der Waals surface area contributed by atoms with Crippen molar-refractivity contribution >= 4 is 0 Å². The Balaban J connectivity index is 2.06. The lowest BCUT2D eigenvalue weighted by molar-refractivity contribution is -0.0868. The van der Waals surface area contributed by atoms with Crippen molar-refractivity contribution in [3.05, 3.63) is 0 Å². The molecule has 0 aromatic rings. The molecular weight excluding hydrogens is 180 g/mol. The normalized spacial score (nSPS) is 23.8. The summed E-state index contributed by atoms with van der Waals surface area (Å²) < 4.78 is 35.1. The molecule has 5 heteroatoms. The molecule has 13 heavy (non-hydrogen) atoms. The van der Waals surface area contributed by atoms with Gasteiger partial charge in [0.05, 0.1) is 19.3 Å². The quantitative estimate of drug-likeness (QED) is 0.705. The third-order valence-corrected chi connectivity index (χ3v) is 1.94. The number of rotatable bonds is 5. The van der Waals surface area contributed by atoms with Crippen LogP contribution in [0.5, 0.6) is 0 Å². The topological polar surface area (TPSA) is 44.5 Å². The van der Waals surface area contributed by atoms with Crippen molar-refractivity contribution in [2.24, 2.45) is 5.73 Å². The maximum atomic E-state index is 12.5. The zero-order valence-electron chi connectivity index (χ0n) is 7.47. The average molecular weight is 195 g/mol. The maximum absolute atomic E-state index is 12.5. The van der Waals surface area contributed by atoms with Crippen molar-refractivity contribution in [2.75, 3.05) is 26.4 Å². The maximum Gasteiger partial charge on any atom is 0.282 e. The molecular formula is C8H15F2NO2. The molecule has 78 valence electrons. The highest BCUT2D eigenvalue weighted by Gasteiger charge is 2.27. The summed E-state index contributed by atoms with van der Waals surface area (Å²) in [5, 5.41) is 0. The van der Waals surface area contributed by atoms with E-state index >= 15 is 0 Å². The lowest BCUT2D eigenvalue weighted by atomic mass is 10.2. The highest BCUT2D eigenvalue weighted by Crippen LogP contribution is 2.15. The second-order valence-corrected chi connectivity index (χ2v) is 3.21. The van der Waals surface area contributed by atoms with Crippen molar-refractivity contribution in [2.45, 2.75) is 24.9 Å². The van der Waals surface area contributed by atoms with Crippen LogP contribution in [0.25, 0.3) is 0 Å². The molecule has 1 unspecified atom stereocenters. The van der Waals surface area contributed by atoms with Crippen molar-refractivity contribution in [3.63, 3.8) is 0 Å². The monoisotopic (exact) mass is 195 g/mol. The molecule has 2 N–H and O–H groups in total. The number of hydrogen-bond donors (Lipinski definition) is 1. The summed E-state index contributed by atoms with van der Waals surface area (Å²) in [6.07, 6.45) is 1.88. The molecule has 0 aromatic heterocycles. The molecule has 1 atom stereocenters. The smallest absolute Gasteiger partial charge is 0.282 e. The van der Waals surface area contributed by atoms with Crippen molar-refractivity contribution < 1.29 is 18.3 Å². The van der Waals surface area contributed by atoms with Crippen LogP contribution in [-0.2, 0) is 9.47 Å². The van der Waals surface area contributed by atoms with Crippen molar-refractivity contribution in [3.8, 4) is 0 Å². The van der Waals surface area contributed by atoms with Gasteiger partial charge in [0, 0.05) is 6.61 Å². The Morgan fingerprint density at radius 2 is 2.31 bits per heavy atom. The first-order valence-corrected chi connectivity index (χ1v) is 4.41. The molecule has 1 aliphatic rings. The minimum atomic E-state index is -2.90. The van der Waals surface area contributed by atoms with Gasteiger partial charge in [-0.25, -0.2) is 8.78 Å². The second-order valence-electron chi connectivity index (χ2n) is 3.21. The van der Waals surface area contributed by atoms with E-state index in [4.69, 9.17) is 15.2 Å². The molecule has 0 aliphatic carbocycles. The summed E-state index contributed by atoms with van der Waals surface area (Å²) in [4.78, 5) is 0. The Kier molecular flexibility index (Phi) is 4.02. The van der Waals surface area contributed by atoms with Gasteiger partial charge in [0.2, 0.25) is 0 Å². The van der Waals surface area contributed by atoms with Gasteiger partial charge in [-0.05, 0) is 12.8 Å². The lowest BCUT2D eigenvalue weighted by Crippen LogP contribution is -2.34. The van der Waals surface area contributed by atoms with E-state index in [9.17, 15) is 8.78 Å². The van der Waals surface area contributed by atoms with Crippen LogP contribution in [0, 0.1) is 0 Å². The van der Waals surface area contributed by atoms with Gasteiger partial charge in [-0.3, -0.25) is 0 Å². The van der Waals surface area contributed by atoms with Crippen LogP contribution >= 0.6 is 0 Å². The Bertz CT molecular complexity index is 149. The summed E-state index contributed by atoms with van der Waals surface area (Å²) in [6.45, 7) is -0.321. The molecule has 1 heterocycles. The van der Waals surface area contributed by atoms with Gasteiger partial charge < -0.3 is 15.2 Å². The number of alkyl halides is 2. The highest BCUT2D eigenvalue weighted by atomic mass is 19.3. The first kappa shape index (κ1) is 10.8. The highest BCUT2D eigenvalue weighted by molar-refractivity contribution is 4.68. The fourth-order valence-corrected chi connectivity index (χ4v) is 1.17. The van der Waals surface area contributed by atoms with E-state index in [2.05, 4.69) is 0 Å². The van der Waals surface area contributed by atoms with Gasteiger partial charge >= 0.3 is 0 Å². The zero-order valence-corrected chi connectivity index (χ0v) is 7.47. The van der Waals surface area contributed by atoms with Crippen LogP contribution in [0.1, 0.15) is 12.8 Å². The molecule has 1 aliphatic heterocycles. The van der Waals surface area contributed by atoms with E-state index < -0.39 is 19.1 Å². The third-order valence-electron chi connectivity index (χ3n) is 1.94. The van der Waals surface area contributed by atoms with E-state index in [0.717, 1.165) is 12.8 Å². The van der Waals surface area contributed by atoms with Crippen LogP contribution < -0.4 is 5.73 Å². The second kappa shape index (κ2) is 4.83. The van der Waals surface area contributed by atoms with E-state index in [1.165, 1.54) is 0 Å². The zero-order chi connectivity index (χ0) is 9.73. The number of ether oxygens (including phenoxy) is 2. The summed E-state index contributed by atoms with van der Waals surface area (Å²) in [7, 11) is 0. The molecule has 0 aromatic carbocycles. The van der Waals surface area contributed by atoms with Crippen LogP contribution in [0.2, 0.25) is 0 Å². The Labute approximate surface area is 76.2 Å². The fourth-order valence-electron chi connectivity index (χ4n) is 1.17. The van der Waals surface area contributed by atoms with E-state index in [1.807, 2.05) is 0 Å². The molecule has 1 rings (SSSR count). The fraction of sp³-hybridized carbons (Fsp3) is 1.00. The SMILES string of the molecule is NCC(F)(F)COCC1CCCO1. The van der Waals surface area contributed by atoms with Crippen molar-refractivity contribution in [1.82, 2.24) is 0 Å². The van der Waals surface area contributed by atoms with Gasteiger partial charge in [-0.1, -0.05) is 0 Å². The lowest BCUT2D eigenvalue weighted by Gasteiger charge is -2.15. The average Bonchev–Trinajstić information content (AvgIpc) is 2.57. The third kappa shape index (κ3) is 3.97. The predicted molar refractivity (Wildman–Crippen MR) is 43.8 cm³/mol. The van der Waals surface area contributed by atoms with Gasteiger partial charge in [0.15, 0.2) is 0 Å². The molecule has 3 nitrogen and oxygen atoms in total. The summed E-state index contributed by atoms with van der Waals surface area (Å²) in [5.74, 6) is -2.90. The number of nitrogens with two attached hydrogens (primary N) is 1. The van der Waals surface area contributed by atoms with Crippen LogP contribution in [0.3, 0.4) is 0 Å².